The number of β-amino-alcohol motifs (C(OH)–C–C–N with tert-alkyl or cyclic N) is 1. The average Bonchev–Trinajstić information content (AvgIpc) is 2.67. The van der Waals surface area contributed by atoms with Crippen molar-refractivity contribution in [2.24, 2.45) is 0 Å². The first-order chi connectivity index (χ1) is 7.66. The third kappa shape index (κ3) is 2.43. The molecule has 2 rings (SSSR count). The van der Waals surface area contributed by atoms with Crippen LogP contribution < -0.4 is 11.3 Å². The lowest BCUT2D eigenvalue weighted by atomic mass is 10.3. The van der Waals surface area contributed by atoms with Crippen LogP contribution in [0.15, 0.2) is 23.1 Å². The van der Waals surface area contributed by atoms with Crippen LogP contribution in [-0.4, -0.2) is 40.3 Å². The first-order valence-electron chi connectivity index (χ1n) is 5.52. The first kappa shape index (κ1) is 11.2. The van der Waals surface area contributed by atoms with E-state index in [9.17, 15) is 9.90 Å². The molecule has 88 valence electrons. The maximum atomic E-state index is 11.6. The fourth-order valence-corrected chi connectivity index (χ4v) is 2.00. The van der Waals surface area contributed by atoms with E-state index in [2.05, 4.69) is 4.90 Å². The quantitative estimate of drug-likeness (QED) is 0.724. The highest BCUT2D eigenvalue weighted by Crippen LogP contribution is 2.07. The summed E-state index contributed by atoms with van der Waals surface area (Å²) in [5.74, 6) is 0. The molecule has 16 heavy (non-hydrogen) atoms. The number of aromatic nitrogens is 1. The van der Waals surface area contributed by atoms with E-state index in [1.54, 1.807) is 22.9 Å². The molecule has 5 heteroatoms. The van der Waals surface area contributed by atoms with Gasteiger partial charge < -0.3 is 15.4 Å². The number of aliphatic hydroxyl groups is 1. The van der Waals surface area contributed by atoms with Gasteiger partial charge in [0.1, 0.15) is 0 Å². The Morgan fingerprint density at radius 3 is 3.00 bits per heavy atom. The smallest absolute Gasteiger partial charge is 0.273 e. The molecular formula is C11H17N3O2. The molecule has 1 unspecified atom stereocenters. The van der Waals surface area contributed by atoms with Crippen LogP contribution in [0.25, 0.3) is 0 Å². The van der Waals surface area contributed by atoms with Crippen LogP contribution in [0.3, 0.4) is 0 Å². The molecule has 1 atom stereocenters. The predicted molar refractivity (Wildman–Crippen MR) is 62.2 cm³/mol. The standard InChI is InChI=1S/C11H17N3O2/c12-10-2-1-4-14(11(10)16)7-6-13-5-3-9(15)8-13/h1-2,4,9,15H,3,5-8,12H2. The first-order valence-corrected chi connectivity index (χ1v) is 5.52. The van der Waals surface area contributed by atoms with Gasteiger partial charge >= 0.3 is 0 Å². The minimum atomic E-state index is -0.211. The van der Waals surface area contributed by atoms with Crippen molar-refractivity contribution in [1.29, 1.82) is 0 Å². The zero-order chi connectivity index (χ0) is 11.5. The van der Waals surface area contributed by atoms with Crippen LogP contribution in [0.2, 0.25) is 0 Å². The molecule has 1 aliphatic heterocycles. The van der Waals surface area contributed by atoms with Gasteiger partial charge in [-0.3, -0.25) is 9.69 Å². The van der Waals surface area contributed by atoms with Gasteiger partial charge in [-0.25, -0.2) is 0 Å². The molecule has 0 radical (unpaired) electrons. The number of pyridine rings is 1. The molecule has 5 nitrogen and oxygen atoms in total. The van der Waals surface area contributed by atoms with E-state index in [0.29, 0.717) is 13.1 Å². The van der Waals surface area contributed by atoms with Crippen molar-refractivity contribution < 1.29 is 5.11 Å². The highest BCUT2D eigenvalue weighted by molar-refractivity contribution is 5.33. The number of aliphatic hydroxyl groups excluding tert-OH is 1. The van der Waals surface area contributed by atoms with Gasteiger partial charge in [0.15, 0.2) is 0 Å². The summed E-state index contributed by atoms with van der Waals surface area (Å²) in [5, 5.41) is 9.37. The zero-order valence-corrected chi connectivity index (χ0v) is 9.17. The highest BCUT2D eigenvalue weighted by atomic mass is 16.3. The van der Waals surface area contributed by atoms with Crippen LogP contribution >= 0.6 is 0 Å². The topological polar surface area (TPSA) is 71.5 Å². The van der Waals surface area contributed by atoms with Crippen molar-refractivity contribution in [3.05, 3.63) is 28.7 Å². The van der Waals surface area contributed by atoms with Crippen LogP contribution in [-0.2, 0) is 6.54 Å². The van der Waals surface area contributed by atoms with E-state index in [0.717, 1.165) is 19.5 Å². The molecular weight excluding hydrogens is 206 g/mol. The van der Waals surface area contributed by atoms with Crippen molar-refractivity contribution in [2.45, 2.75) is 19.1 Å². The maximum absolute atomic E-state index is 11.6. The number of rotatable bonds is 3. The Kier molecular flexibility index (Phi) is 3.26. The summed E-state index contributed by atoms with van der Waals surface area (Å²) in [6.45, 7) is 3.01. The largest absolute Gasteiger partial charge is 0.394 e. The number of anilines is 1. The summed E-state index contributed by atoms with van der Waals surface area (Å²) >= 11 is 0. The van der Waals surface area contributed by atoms with Gasteiger partial charge in [-0.15, -0.1) is 0 Å². The Labute approximate surface area is 94.1 Å². The molecule has 1 saturated heterocycles. The number of nitrogen functional groups attached to an aromatic ring is 1. The molecule has 1 fully saturated rings. The third-order valence-corrected chi connectivity index (χ3v) is 2.95. The third-order valence-electron chi connectivity index (χ3n) is 2.95. The Morgan fingerprint density at radius 2 is 2.31 bits per heavy atom. The second kappa shape index (κ2) is 4.67. The van der Waals surface area contributed by atoms with Crippen molar-refractivity contribution in [2.75, 3.05) is 25.4 Å². The SMILES string of the molecule is Nc1cccn(CCN2CCC(O)C2)c1=O. The maximum Gasteiger partial charge on any atom is 0.273 e. The van der Waals surface area contributed by atoms with E-state index in [-0.39, 0.29) is 17.4 Å². The van der Waals surface area contributed by atoms with Crippen molar-refractivity contribution >= 4 is 5.69 Å². The Bertz CT molecular complexity index is 416. The fraction of sp³-hybridized carbons (Fsp3) is 0.545. The second-order valence-corrected chi connectivity index (χ2v) is 4.21. The van der Waals surface area contributed by atoms with E-state index in [4.69, 9.17) is 5.73 Å². The van der Waals surface area contributed by atoms with E-state index in [1.807, 2.05) is 0 Å². The fourth-order valence-electron chi connectivity index (χ4n) is 2.00. The Hall–Kier alpha value is -1.33. The summed E-state index contributed by atoms with van der Waals surface area (Å²) < 4.78 is 1.61. The summed E-state index contributed by atoms with van der Waals surface area (Å²) in [6.07, 6.45) is 2.36. The lowest BCUT2D eigenvalue weighted by Gasteiger charge is -2.15. The number of hydrogen-bond acceptors (Lipinski definition) is 4. The molecule has 1 aromatic heterocycles. The van der Waals surface area contributed by atoms with E-state index < -0.39 is 0 Å². The number of likely N-dealkylation sites (tertiary alicyclic amines) is 1. The number of hydrogen-bond donors (Lipinski definition) is 2. The lowest BCUT2D eigenvalue weighted by Crippen LogP contribution is -2.30. The molecule has 0 spiro atoms. The van der Waals surface area contributed by atoms with Gasteiger partial charge in [-0.1, -0.05) is 0 Å². The molecule has 0 saturated carbocycles. The summed E-state index contributed by atoms with van der Waals surface area (Å²) in [7, 11) is 0. The van der Waals surface area contributed by atoms with Gasteiger partial charge in [0.2, 0.25) is 0 Å². The van der Waals surface area contributed by atoms with Crippen LogP contribution in [0.4, 0.5) is 5.69 Å². The highest BCUT2D eigenvalue weighted by Gasteiger charge is 2.19. The molecule has 1 aromatic rings. The molecule has 0 aromatic carbocycles. The molecule has 1 aliphatic rings. The normalized spacial score (nSPS) is 21.4. The van der Waals surface area contributed by atoms with Crippen molar-refractivity contribution in [3.8, 4) is 0 Å². The summed E-state index contributed by atoms with van der Waals surface area (Å²) in [5.41, 5.74) is 5.68. The zero-order valence-electron chi connectivity index (χ0n) is 9.17. The predicted octanol–water partition coefficient (Wildman–Crippen LogP) is -0.503. The van der Waals surface area contributed by atoms with Crippen molar-refractivity contribution in [3.63, 3.8) is 0 Å². The second-order valence-electron chi connectivity index (χ2n) is 4.21. The van der Waals surface area contributed by atoms with E-state index >= 15 is 0 Å². The molecule has 0 bridgehead atoms. The minimum absolute atomic E-state index is 0.137. The van der Waals surface area contributed by atoms with Crippen LogP contribution in [0, 0.1) is 0 Å². The summed E-state index contributed by atoms with van der Waals surface area (Å²) in [4.78, 5) is 13.8. The number of nitrogens with two attached hydrogens (primary N) is 1. The minimum Gasteiger partial charge on any atom is -0.394 e. The van der Waals surface area contributed by atoms with Gasteiger partial charge in [-0.2, -0.15) is 0 Å². The number of nitrogens with zero attached hydrogens (tertiary/aromatic N) is 2. The summed E-state index contributed by atoms with van der Waals surface area (Å²) in [6, 6.07) is 3.38. The van der Waals surface area contributed by atoms with Gasteiger partial charge in [0.25, 0.3) is 5.56 Å². The monoisotopic (exact) mass is 223 g/mol. The average molecular weight is 223 g/mol. The van der Waals surface area contributed by atoms with Crippen LogP contribution in [0.5, 0.6) is 0 Å². The van der Waals surface area contributed by atoms with Gasteiger partial charge in [0.05, 0.1) is 11.8 Å². The van der Waals surface area contributed by atoms with Crippen LogP contribution in [0.1, 0.15) is 6.42 Å². The molecule has 3 N–H and O–H groups in total. The van der Waals surface area contributed by atoms with Gasteiger partial charge in [-0.05, 0) is 18.6 Å². The van der Waals surface area contributed by atoms with E-state index in [1.165, 1.54) is 0 Å². The Morgan fingerprint density at radius 1 is 1.50 bits per heavy atom. The van der Waals surface area contributed by atoms with Gasteiger partial charge in [0, 0.05) is 32.4 Å². The molecule has 0 amide bonds. The van der Waals surface area contributed by atoms with Crippen molar-refractivity contribution in [1.82, 2.24) is 9.47 Å². The lowest BCUT2D eigenvalue weighted by molar-refractivity contribution is 0.175. The molecule has 2 heterocycles. The Balaban J connectivity index is 1.95. The molecule has 0 aliphatic carbocycles.